The average molecular weight is 524 g/mol. The van der Waals surface area contributed by atoms with Crippen molar-refractivity contribution in [1.29, 1.82) is 0 Å². The van der Waals surface area contributed by atoms with Crippen LogP contribution in [0.1, 0.15) is 51.8 Å². The summed E-state index contributed by atoms with van der Waals surface area (Å²) in [6, 6.07) is 1.75. The third kappa shape index (κ3) is 4.95. The van der Waals surface area contributed by atoms with Crippen LogP contribution in [-0.2, 0) is 27.5 Å². The van der Waals surface area contributed by atoms with Crippen LogP contribution < -0.4 is 0 Å². The molecule has 1 aliphatic rings. The zero-order valence-corrected chi connectivity index (χ0v) is 18.1. The topological polar surface area (TPSA) is 60.8 Å². The number of esters is 1. The van der Waals surface area contributed by atoms with Gasteiger partial charge in [-0.3, -0.25) is 0 Å². The molecule has 0 spiro atoms. The van der Waals surface area contributed by atoms with Crippen LogP contribution in [0.4, 0.5) is 39.5 Å². The number of carbonyl (C=O) groups excluding carboxylic acids is 1. The van der Waals surface area contributed by atoms with E-state index in [0.29, 0.717) is 0 Å². The van der Waals surface area contributed by atoms with E-state index in [-0.39, 0.29) is 35.2 Å². The molecule has 2 heterocycles. The van der Waals surface area contributed by atoms with Crippen LogP contribution in [0.25, 0.3) is 0 Å². The zero-order chi connectivity index (χ0) is 27.1. The first kappa shape index (κ1) is 26.8. The molecule has 1 aliphatic heterocycles. The Labute approximate surface area is 196 Å². The predicted octanol–water partition coefficient (Wildman–Crippen LogP) is 5.86. The number of alkyl halides is 9. The largest absolute Gasteiger partial charge is 0.465 e. The first-order chi connectivity index (χ1) is 16.5. The number of oxime groups is 1. The van der Waals surface area contributed by atoms with Gasteiger partial charge in [-0.25, -0.2) is 9.78 Å². The molecule has 0 saturated carbocycles. The molecule has 0 bridgehead atoms. The van der Waals surface area contributed by atoms with E-state index in [2.05, 4.69) is 31.6 Å². The standard InChI is InChI=1S/C22H13F9N2O3/c1-3-4-15-14(18(34)35-2)5-6-16(32-15)17-10-19(36-33-17,22(29,30)31)11-7-12(20(23,24)25)9-13(8-11)21(26,27)28/h5-9H,10H2,1-2H3. The Hall–Kier alpha value is -3.76. The fraction of sp³-hybridized carbons (Fsp3) is 0.318. The van der Waals surface area contributed by atoms with Crippen LogP contribution in [0.2, 0.25) is 0 Å². The Balaban J connectivity index is 2.15. The van der Waals surface area contributed by atoms with Gasteiger partial charge in [0, 0.05) is 5.56 Å². The van der Waals surface area contributed by atoms with Gasteiger partial charge in [-0.2, -0.15) is 39.5 Å². The summed E-state index contributed by atoms with van der Waals surface area (Å²) in [5, 5.41) is 3.29. The van der Waals surface area contributed by atoms with Gasteiger partial charge >= 0.3 is 24.5 Å². The minimum Gasteiger partial charge on any atom is -0.465 e. The van der Waals surface area contributed by atoms with Gasteiger partial charge in [-0.15, -0.1) is 0 Å². The summed E-state index contributed by atoms with van der Waals surface area (Å²) in [7, 11) is 1.07. The maximum absolute atomic E-state index is 14.2. The molecule has 14 heteroatoms. The highest BCUT2D eigenvalue weighted by Crippen LogP contribution is 2.50. The third-order valence-corrected chi connectivity index (χ3v) is 5.08. The van der Waals surface area contributed by atoms with E-state index < -0.39 is 58.9 Å². The van der Waals surface area contributed by atoms with E-state index >= 15 is 0 Å². The highest BCUT2D eigenvalue weighted by Gasteiger charge is 2.63. The quantitative estimate of drug-likeness (QED) is 0.287. The zero-order valence-electron chi connectivity index (χ0n) is 18.1. The lowest BCUT2D eigenvalue weighted by atomic mass is 9.85. The van der Waals surface area contributed by atoms with Crippen molar-refractivity contribution in [3.63, 3.8) is 0 Å². The molecule has 3 rings (SSSR count). The second kappa shape index (κ2) is 9.03. The van der Waals surface area contributed by atoms with Gasteiger partial charge in [0.15, 0.2) is 0 Å². The Morgan fingerprint density at radius 3 is 2.06 bits per heavy atom. The molecule has 2 aromatic rings. The van der Waals surface area contributed by atoms with Crippen molar-refractivity contribution in [2.24, 2.45) is 5.16 Å². The van der Waals surface area contributed by atoms with Crippen molar-refractivity contribution in [3.05, 3.63) is 64.0 Å². The number of carbonyl (C=O) groups is 1. The van der Waals surface area contributed by atoms with Gasteiger partial charge < -0.3 is 9.57 Å². The number of benzene rings is 1. The number of aromatic nitrogens is 1. The Morgan fingerprint density at radius 2 is 1.58 bits per heavy atom. The number of ether oxygens (including phenoxy) is 1. The van der Waals surface area contributed by atoms with Crippen LogP contribution >= 0.6 is 0 Å². The van der Waals surface area contributed by atoms with Crippen molar-refractivity contribution < 1.29 is 53.9 Å². The van der Waals surface area contributed by atoms with Crippen LogP contribution in [0.5, 0.6) is 0 Å². The van der Waals surface area contributed by atoms with Crippen molar-refractivity contribution >= 4 is 11.7 Å². The lowest BCUT2D eigenvalue weighted by Gasteiger charge is -2.30. The van der Waals surface area contributed by atoms with Crippen molar-refractivity contribution in [1.82, 2.24) is 4.98 Å². The number of hydrogen-bond donors (Lipinski definition) is 0. The molecule has 5 nitrogen and oxygen atoms in total. The van der Waals surface area contributed by atoms with Crippen molar-refractivity contribution in [2.45, 2.75) is 37.5 Å². The minimum atomic E-state index is -5.50. The smallest absolute Gasteiger partial charge is 0.435 e. The molecule has 0 amide bonds. The van der Waals surface area contributed by atoms with E-state index in [1.54, 1.807) is 0 Å². The van der Waals surface area contributed by atoms with Gasteiger partial charge in [0.2, 0.25) is 0 Å². The summed E-state index contributed by atoms with van der Waals surface area (Å²) in [5.41, 5.74) is -10.2. The van der Waals surface area contributed by atoms with Gasteiger partial charge in [0.1, 0.15) is 11.4 Å². The minimum absolute atomic E-state index is 0.0665. The molecule has 192 valence electrons. The van der Waals surface area contributed by atoms with Crippen LogP contribution in [0.3, 0.4) is 0 Å². The molecule has 1 atom stereocenters. The van der Waals surface area contributed by atoms with E-state index in [9.17, 15) is 44.3 Å². The summed E-state index contributed by atoms with van der Waals surface area (Å²) in [6.45, 7) is 1.38. The molecule has 1 unspecified atom stereocenters. The number of methoxy groups -OCH3 is 1. The molecule has 0 N–H and O–H groups in total. The number of rotatable bonds is 3. The number of hydrogen-bond acceptors (Lipinski definition) is 5. The lowest BCUT2D eigenvalue weighted by Crippen LogP contribution is -2.43. The van der Waals surface area contributed by atoms with E-state index in [1.165, 1.54) is 6.92 Å². The average Bonchev–Trinajstić information content (AvgIpc) is 3.24. The SMILES string of the molecule is CC#Cc1nc(C2=NOC(c3cc(C(F)(F)F)cc(C(F)(F)F)c3)(C(F)(F)F)C2)ccc1C(=O)OC. The number of halogens is 9. The molecule has 0 fully saturated rings. The Kier molecular flexibility index (Phi) is 6.73. The Bertz CT molecular complexity index is 1250. The third-order valence-electron chi connectivity index (χ3n) is 5.08. The summed E-state index contributed by atoms with van der Waals surface area (Å²) in [6.07, 6.45) is -17.6. The first-order valence-corrected chi connectivity index (χ1v) is 9.67. The van der Waals surface area contributed by atoms with E-state index in [4.69, 9.17) is 0 Å². The Morgan fingerprint density at radius 1 is 1.00 bits per heavy atom. The summed E-state index contributed by atoms with van der Waals surface area (Å²) in [5.74, 6) is 4.04. The molecule has 1 aromatic heterocycles. The van der Waals surface area contributed by atoms with Crippen molar-refractivity contribution in [2.75, 3.05) is 7.11 Å². The number of pyridine rings is 1. The lowest BCUT2D eigenvalue weighted by molar-refractivity contribution is -0.276. The molecular weight excluding hydrogens is 511 g/mol. The fourth-order valence-electron chi connectivity index (χ4n) is 3.34. The summed E-state index contributed by atoms with van der Waals surface area (Å²) < 4.78 is 127. The second-order valence-electron chi connectivity index (χ2n) is 7.38. The van der Waals surface area contributed by atoms with Gasteiger partial charge in [-0.05, 0) is 43.2 Å². The van der Waals surface area contributed by atoms with E-state index in [1.807, 2.05) is 0 Å². The van der Waals surface area contributed by atoms with Gasteiger partial charge in [0.25, 0.3) is 5.60 Å². The van der Waals surface area contributed by atoms with Crippen LogP contribution in [0, 0.1) is 11.8 Å². The maximum atomic E-state index is 14.2. The monoisotopic (exact) mass is 524 g/mol. The molecule has 0 aliphatic carbocycles. The maximum Gasteiger partial charge on any atom is 0.435 e. The van der Waals surface area contributed by atoms with Crippen molar-refractivity contribution in [3.8, 4) is 11.8 Å². The first-order valence-electron chi connectivity index (χ1n) is 9.67. The molecule has 0 saturated heterocycles. The van der Waals surface area contributed by atoms with Gasteiger partial charge in [0.05, 0.1) is 35.9 Å². The number of nitrogens with zero attached hydrogens (tertiary/aromatic N) is 2. The normalized spacial score (nSPS) is 18.1. The highest BCUT2D eigenvalue weighted by atomic mass is 19.4. The second-order valence-corrected chi connectivity index (χ2v) is 7.38. The molecular formula is C22H13F9N2O3. The molecule has 0 radical (unpaired) electrons. The van der Waals surface area contributed by atoms with E-state index in [0.717, 1.165) is 19.2 Å². The van der Waals surface area contributed by atoms with Gasteiger partial charge in [-0.1, -0.05) is 11.1 Å². The highest BCUT2D eigenvalue weighted by molar-refractivity contribution is 6.01. The molecule has 36 heavy (non-hydrogen) atoms. The molecule has 1 aromatic carbocycles. The van der Waals surface area contributed by atoms with Crippen LogP contribution in [-0.4, -0.2) is 30.0 Å². The fourth-order valence-corrected chi connectivity index (χ4v) is 3.34. The predicted molar refractivity (Wildman–Crippen MR) is 105 cm³/mol. The van der Waals surface area contributed by atoms with Crippen LogP contribution in [0.15, 0.2) is 35.5 Å². The summed E-state index contributed by atoms with van der Waals surface area (Å²) >= 11 is 0. The summed E-state index contributed by atoms with van der Waals surface area (Å²) in [4.78, 5) is 20.4.